The van der Waals surface area contributed by atoms with Gasteiger partial charge in [-0.25, -0.2) is 9.69 Å². The van der Waals surface area contributed by atoms with Crippen LogP contribution in [0.25, 0.3) is 6.08 Å². The molecule has 10 heteroatoms. The first-order chi connectivity index (χ1) is 18.7. The van der Waals surface area contributed by atoms with Crippen molar-refractivity contribution in [1.29, 1.82) is 0 Å². The SMILES string of the molecule is CCOc1cc(/C=C2/C(=O)NC(=O)N(c3ccc(Cl)cc3)C2=O)ccc1OCC(=O)Nc1cc(C)ccc1C. The zero-order chi connectivity index (χ0) is 28.1. The Morgan fingerprint density at radius 1 is 0.974 bits per heavy atom. The fraction of sp³-hybridized carbons (Fsp3) is 0.172. The van der Waals surface area contributed by atoms with Crippen molar-refractivity contribution in [3.05, 3.63) is 87.9 Å². The molecule has 0 saturated carbocycles. The predicted octanol–water partition coefficient (Wildman–Crippen LogP) is 5.04. The van der Waals surface area contributed by atoms with Crippen LogP contribution in [0.1, 0.15) is 23.6 Å². The first-order valence-electron chi connectivity index (χ1n) is 12.1. The highest BCUT2D eigenvalue weighted by atomic mass is 35.5. The van der Waals surface area contributed by atoms with E-state index >= 15 is 0 Å². The van der Waals surface area contributed by atoms with Crippen LogP contribution in [0.3, 0.4) is 0 Å². The summed E-state index contributed by atoms with van der Waals surface area (Å²) in [5.74, 6) is -1.31. The van der Waals surface area contributed by atoms with Crippen LogP contribution in [0.4, 0.5) is 16.2 Å². The van der Waals surface area contributed by atoms with Crippen molar-refractivity contribution < 1.29 is 28.7 Å². The molecule has 1 fully saturated rings. The van der Waals surface area contributed by atoms with Gasteiger partial charge in [0.1, 0.15) is 5.57 Å². The molecule has 9 nitrogen and oxygen atoms in total. The van der Waals surface area contributed by atoms with E-state index in [-0.39, 0.29) is 23.8 Å². The molecule has 3 aromatic carbocycles. The molecule has 1 heterocycles. The monoisotopic (exact) mass is 547 g/mol. The number of imide groups is 2. The molecule has 0 aromatic heterocycles. The summed E-state index contributed by atoms with van der Waals surface area (Å²) >= 11 is 5.91. The number of aryl methyl sites for hydroxylation is 2. The Balaban J connectivity index is 1.53. The van der Waals surface area contributed by atoms with E-state index < -0.39 is 17.8 Å². The molecule has 1 aliphatic heterocycles. The van der Waals surface area contributed by atoms with Crippen LogP contribution in [-0.2, 0) is 14.4 Å². The van der Waals surface area contributed by atoms with Crippen LogP contribution in [0, 0.1) is 13.8 Å². The molecule has 0 unspecified atom stereocenters. The summed E-state index contributed by atoms with van der Waals surface area (Å²) < 4.78 is 11.4. The fourth-order valence-corrected chi connectivity index (χ4v) is 3.98. The summed E-state index contributed by atoms with van der Waals surface area (Å²) in [4.78, 5) is 51.4. The highest BCUT2D eigenvalue weighted by molar-refractivity contribution is 6.39. The lowest BCUT2D eigenvalue weighted by Crippen LogP contribution is -2.54. The zero-order valence-corrected chi connectivity index (χ0v) is 22.3. The van der Waals surface area contributed by atoms with E-state index in [1.807, 2.05) is 32.0 Å². The summed E-state index contributed by atoms with van der Waals surface area (Å²) in [5, 5.41) is 5.45. The maximum atomic E-state index is 13.1. The molecule has 2 N–H and O–H groups in total. The number of nitrogens with zero attached hydrogens (tertiary/aromatic N) is 1. The summed E-state index contributed by atoms with van der Waals surface area (Å²) in [5.41, 5.74) is 3.13. The topological polar surface area (TPSA) is 114 Å². The minimum Gasteiger partial charge on any atom is -0.490 e. The molecule has 0 atom stereocenters. The van der Waals surface area contributed by atoms with Gasteiger partial charge in [-0.1, -0.05) is 29.8 Å². The molecule has 0 spiro atoms. The van der Waals surface area contributed by atoms with Gasteiger partial charge in [0.05, 0.1) is 12.3 Å². The molecule has 39 heavy (non-hydrogen) atoms. The number of carbonyl (C=O) groups excluding carboxylic acids is 4. The summed E-state index contributed by atoms with van der Waals surface area (Å²) in [7, 11) is 0. The van der Waals surface area contributed by atoms with Gasteiger partial charge in [-0.2, -0.15) is 0 Å². The molecule has 1 aliphatic rings. The second-order valence-corrected chi connectivity index (χ2v) is 9.17. The van der Waals surface area contributed by atoms with Crippen LogP contribution in [0.15, 0.2) is 66.2 Å². The molecular weight excluding hydrogens is 522 g/mol. The van der Waals surface area contributed by atoms with Crippen molar-refractivity contribution in [1.82, 2.24) is 5.32 Å². The van der Waals surface area contributed by atoms with Gasteiger partial charge >= 0.3 is 6.03 Å². The Bertz CT molecular complexity index is 1480. The average Bonchev–Trinajstić information content (AvgIpc) is 2.89. The largest absolute Gasteiger partial charge is 0.490 e. The molecule has 5 amide bonds. The van der Waals surface area contributed by atoms with Crippen molar-refractivity contribution in [2.24, 2.45) is 0 Å². The van der Waals surface area contributed by atoms with E-state index in [1.165, 1.54) is 30.3 Å². The van der Waals surface area contributed by atoms with Crippen LogP contribution in [0.5, 0.6) is 11.5 Å². The maximum Gasteiger partial charge on any atom is 0.335 e. The molecule has 0 bridgehead atoms. The molecule has 1 saturated heterocycles. The number of barbiturate groups is 1. The third-order valence-electron chi connectivity index (χ3n) is 5.79. The Hall–Kier alpha value is -4.63. The molecule has 4 rings (SSSR count). The van der Waals surface area contributed by atoms with Crippen LogP contribution >= 0.6 is 11.6 Å². The molecular formula is C29H26ClN3O6. The van der Waals surface area contributed by atoms with E-state index in [4.69, 9.17) is 21.1 Å². The van der Waals surface area contributed by atoms with Crippen molar-refractivity contribution >= 4 is 52.8 Å². The minimum atomic E-state index is -0.859. The minimum absolute atomic E-state index is 0.242. The van der Waals surface area contributed by atoms with Gasteiger partial charge < -0.3 is 14.8 Å². The van der Waals surface area contributed by atoms with Crippen LogP contribution in [-0.4, -0.2) is 37.0 Å². The number of ether oxygens (including phenoxy) is 2. The number of nitrogens with one attached hydrogen (secondary N) is 2. The molecule has 0 aliphatic carbocycles. The number of hydrogen-bond acceptors (Lipinski definition) is 6. The molecule has 3 aromatic rings. The first-order valence-corrected chi connectivity index (χ1v) is 12.5. The zero-order valence-electron chi connectivity index (χ0n) is 21.5. The normalized spacial score (nSPS) is 14.3. The second-order valence-electron chi connectivity index (χ2n) is 8.73. The lowest BCUT2D eigenvalue weighted by molar-refractivity contribution is -0.122. The molecule has 200 valence electrons. The number of carbonyl (C=O) groups is 4. The number of hydrogen-bond donors (Lipinski definition) is 2. The summed E-state index contributed by atoms with van der Waals surface area (Å²) in [6, 6.07) is 15.8. The van der Waals surface area contributed by atoms with Gasteiger partial charge in [-0.3, -0.25) is 19.7 Å². The van der Waals surface area contributed by atoms with Crippen LogP contribution in [0.2, 0.25) is 5.02 Å². The van der Waals surface area contributed by atoms with Gasteiger partial charge in [-0.15, -0.1) is 0 Å². The summed E-state index contributed by atoms with van der Waals surface area (Å²) in [6.07, 6.45) is 1.35. The average molecular weight is 548 g/mol. The highest BCUT2D eigenvalue weighted by Crippen LogP contribution is 2.30. The standard InChI is InChI=1S/C29H26ClN3O6/c1-4-38-25-15-19(7-12-24(25)39-16-26(34)31-23-13-17(2)5-6-18(23)3)14-22-27(35)32-29(37)33(28(22)36)21-10-8-20(30)9-11-21/h5-15H,4,16H2,1-3H3,(H,31,34)(H,32,35,37)/b22-14-. The third kappa shape index (κ3) is 6.45. The molecule has 0 radical (unpaired) electrons. The number of halogens is 1. The van der Waals surface area contributed by atoms with Gasteiger partial charge in [0.2, 0.25) is 0 Å². The van der Waals surface area contributed by atoms with Gasteiger partial charge in [0, 0.05) is 10.7 Å². The smallest absolute Gasteiger partial charge is 0.335 e. The van der Waals surface area contributed by atoms with E-state index in [2.05, 4.69) is 10.6 Å². The van der Waals surface area contributed by atoms with Crippen molar-refractivity contribution in [3.8, 4) is 11.5 Å². The number of amides is 5. The summed E-state index contributed by atoms with van der Waals surface area (Å²) in [6.45, 7) is 5.68. The Morgan fingerprint density at radius 2 is 1.72 bits per heavy atom. The number of anilines is 2. The number of rotatable bonds is 8. The lowest BCUT2D eigenvalue weighted by atomic mass is 10.1. The predicted molar refractivity (Wildman–Crippen MR) is 148 cm³/mol. The Kier molecular flexibility index (Phi) is 8.31. The van der Waals surface area contributed by atoms with Crippen molar-refractivity contribution in [2.45, 2.75) is 20.8 Å². The maximum absolute atomic E-state index is 13.1. The lowest BCUT2D eigenvalue weighted by Gasteiger charge is -2.26. The first kappa shape index (κ1) is 27.4. The fourth-order valence-electron chi connectivity index (χ4n) is 3.85. The van der Waals surface area contributed by atoms with Crippen molar-refractivity contribution in [3.63, 3.8) is 0 Å². The number of urea groups is 1. The van der Waals surface area contributed by atoms with Gasteiger partial charge in [0.15, 0.2) is 18.1 Å². The van der Waals surface area contributed by atoms with E-state index in [9.17, 15) is 19.2 Å². The van der Waals surface area contributed by atoms with E-state index in [0.717, 1.165) is 16.0 Å². The highest BCUT2D eigenvalue weighted by Gasteiger charge is 2.36. The quantitative estimate of drug-likeness (QED) is 0.302. The second kappa shape index (κ2) is 11.8. The van der Waals surface area contributed by atoms with Gasteiger partial charge in [0.25, 0.3) is 17.7 Å². The van der Waals surface area contributed by atoms with E-state index in [0.29, 0.717) is 34.4 Å². The van der Waals surface area contributed by atoms with E-state index in [1.54, 1.807) is 25.1 Å². The van der Waals surface area contributed by atoms with Gasteiger partial charge in [-0.05, 0) is 86.0 Å². The Morgan fingerprint density at radius 3 is 2.44 bits per heavy atom. The van der Waals surface area contributed by atoms with Crippen LogP contribution < -0.4 is 25.0 Å². The third-order valence-corrected chi connectivity index (χ3v) is 6.04. The van der Waals surface area contributed by atoms with Crippen molar-refractivity contribution in [2.75, 3.05) is 23.4 Å². The Labute approximate surface area is 230 Å². The number of benzene rings is 3.